The van der Waals surface area contributed by atoms with Crippen molar-refractivity contribution in [3.63, 3.8) is 0 Å². The van der Waals surface area contributed by atoms with E-state index < -0.39 is 47.5 Å². The van der Waals surface area contributed by atoms with Crippen molar-refractivity contribution in [2.24, 2.45) is 11.8 Å². The van der Waals surface area contributed by atoms with E-state index in [0.717, 1.165) is 48.8 Å². The minimum atomic E-state index is -1.02. The van der Waals surface area contributed by atoms with Crippen LogP contribution in [0.15, 0.2) is 48.5 Å². The Hall–Kier alpha value is -3.59. The molecule has 2 aromatic carbocycles. The number of benzene rings is 2. The van der Waals surface area contributed by atoms with Crippen LogP contribution in [-0.2, 0) is 29.3 Å². The van der Waals surface area contributed by atoms with Gasteiger partial charge in [0.2, 0.25) is 11.8 Å². The van der Waals surface area contributed by atoms with Gasteiger partial charge in [-0.1, -0.05) is 99.5 Å². The van der Waals surface area contributed by atoms with Crippen LogP contribution >= 0.6 is 11.6 Å². The molecule has 4 atom stereocenters. The van der Waals surface area contributed by atoms with Gasteiger partial charge < -0.3 is 25.4 Å². The Labute approximate surface area is 271 Å². The molecule has 10 heteroatoms. The first-order valence-electron chi connectivity index (χ1n) is 15.9. The maximum atomic E-state index is 13.8. The third-order valence-corrected chi connectivity index (χ3v) is 9.42. The molecule has 2 fully saturated rings. The van der Waals surface area contributed by atoms with E-state index in [-0.39, 0.29) is 18.2 Å². The van der Waals surface area contributed by atoms with Gasteiger partial charge in [-0.25, -0.2) is 9.59 Å². The molecule has 0 spiro atoms. The normalized spacial score (nSPS) is 19.1. The molecule has 1 aliphatic carbocycles. The third-order valence-electron chi connectivity index (χ3n) is 9.18. The van der Waals surface area contributed by atoms with Crippen molar-refractivity contribution in [2.45, 2.75) is 95.7 Å². The Bertz CT molecular complexity index is 1360. The van der Waals surface area contributed by atoms with Gasteiger partial charge in [-0.3, -0.25) is 9.59 Å². The lowest BCUT2D eigenvalue weighted by Gasteiger charge is -2.35. The predicted octanol–water partition coefficient (Wildman–Crippen LogP) is 5.92. The first-order valence-corrected chi connectivity index (χ1v) is 16.3. The second-order valence-corrected chi connectivity index (χ2v) is 13.4. The van der Waals surface area contributed by atoms with Crippen molar-refractivity contribution in [2.75, 3.05) is 13.7 Å². The Morgan fingerprint density at radius 1 is 0.978 bits per heavy atom. The predicted molar refractivity (Wildman–Crippen MR) is 173 cm³/mol. The van der Waals surface area contributed by atoms with Crippen molar-refractivity contribution >= 4 is 35.5 Å². The second kappa shape index (κ2) is 15.6. The number of aryl methyl sites for hydroxylation is 1. The van der Waals surface area contributed by atoms with Crippen LogP contribution in [0.2, 0.25) is 5.02 Å². The van der Waals surface area contributed by atoms with E-state index in [0.29, 0.717) is 24.4 Å². The zero-order valence-electron chi connectivity index (χ0n) is 26.7. The zero-order valence-corrected chi connectivity index (χ0v) is 27.5. The lowest BCUT2D eigenvalue weighted by Crippen LogP contribution is -2.53. The lowest BCUT2D eigenvalue weighted by atomic mass is 9.76. The largest absolute Gasteiger partial charge is 0.467 e. The molecule has 1 saturated carbocycles. The molecule has 2 aromatic rings. The number of methoxy groups -OCH3 is 1. The standard InChI is InChI=1S/C35H46ClN3O6/c1-22-10-8-13-24(18-22)30(35(2,3)26-14-9-15-27(36)21-26)45-34(43)39-28(19-23-11-6-5-7-12-23)32(41)38-29(33(42)44-4)20-25-16-17-37-31(25)40/h8-10,13-15,18,21,23,25,28-30H,5-7,11-12,16-17,19-20H2,1-4H3,(H,37,40)(H,38,41)(H,39,43)/t25-,28-,29-,30?/m0/s1. The molecule has 3 amide bonds. The molecule has 3 N–H and O–H groups in total. The van der Waals surface area contributed by atoms with Crippen LogP contribution in [0.5, 0.6) is 0 Å². The molecular weight excluding hydrogens is 594 g/mol. The number of halogens is 1. The average Bonchev–Trinajstić information content (AvgIpc) is 3.43. The van der Waals surface area contributed by atoms with Crippen molar-refractivity contribution < 1.29 is 28.7 Å². The molecule has 0 aromatic heterocycles. The molecule has 4 rings (SSSR count). The molecule has 45 heavy (non-hydrogen) atoms. The maximum absolute atomic E-state index is 13.8. The van der Waals surface area contributed by atoms with Crippen LogP contribution in [0.1, 0.15) is 88.0 Å². The molecule has 244 valence electrons. The molecule has 0 radical (unpaired) electrons. The quantitative estimate of drug-likeness (QED) is 0.248. The number of nitrogens with one attached hydrogen (secondary N) is 3. The van der Waals surface area contributed by atoms with Crippen molar-refractivity contribution in [1.29, 1.82) is 0 Å². The number of ether oxygens (including phenoxy) is 2. The van der Waals surface area contributed by atoms with E-state index >= 15 is 0 Å². The van der Waals surface area contributed by atoms with E-state index in [1.807, 2.05) is 63.2 Å². The van der Waals surface area contributed by atoms with Gasteiger partial charge in [-0.15, -0.1) is 0 Å². The van der Waals surface area contributed by atoms with Gasteiger partial charge in [0.05, 0.1) is 7.11 Å². The SMILES string of the molecule is COC(=O)[C@H](C[C@@H]1CCNC1=O)NC(=O)[C@H](CC1CCCCC1)NC(=O)OC(c1cccc(C)c1)C(C)(C)c1cccc(Cl)c1. The third kappa shape index (κ3) is 9.22. The summed E-state index contributed by atoms with van der Waals surface area (Å²) in [7, 11) is 1.25. The first kappa shape index (κ1) is 34.3. The summed E-state index contributed by atoms with van der Waals surface area (Å²) in [5.41, 5.74) is 2.03. The summed E-state index contributed by atoms with van der Waals surface area (Å²) in [5, 5.41) is 8.98. The fourth-order valence-corrected chi connectivity index (χ4v) is 6.75. The number of rotatable bonds is 12. The zero-order chi connectivity index (χ0) is 32.6. The van der Waals surface area contributed by atoms with E-state index in [9.17, 15) is 19.2 Å². The van der Waals surface area contributed by atoms with Gasteiger partial charge >= 0.3 is 12.1 Å². The van der Waals surface area contributed by atoms with E-state index in [1.54, 1.807) is 6.07 Å². The van der Waals surface area contributed by atoms with Crippen LogP contribution in [0.4, 0.5) is 4.79 Å². The van der Waals surface area contributed by atoms with Crippen LogP contribution in [0.3, 0.4) is 0 Å². The van der Waals surface area contributed by atoms with Crippen LogP contribution in [-0.4, -0.2) is 49.6 Å². The fourth-order valence-electron chi connectivity index (χ4n) is 6.56. The van der Waals surface area contributed by atoms with E-state index in [4.69, 9.17) is 21.1 Å². The lowest BCUT2D eigenvalue weighted by molar-refractivity contribution is -0.146. The summed E-state index contributed by atoms with van der Waals surface area (Å²) in [6.45, 7) is 6.48. The Morgan fingerprint density at radius 3 is 2.36 bits per heavy atom. The van der Waals surface area contributed by atoms with Gasteiger partial charge in [-0.2, -0.15) is 0 Å². The average molecular weight is 640 g/mol. The highest BCUT2D eigenvalue weighted by Gasteiger charge is 2.38. The minimum Gasteiger partial charge on any atom is -0.467 e. The van der Waals surface area contributed by atoms with E-state index in [2.05, 4.69) is 16.0 Å². The summed E-state index contributed by atoms with van der Waals surface area (Å²) < 4.78 is 11.2. The number of esters is 1. The Kier molecular flexibility index (Phi) is 11.9. The second-order valence-electron chi connectivity index (χ2n) is 13.0. The number of carbonyl (C=O) groups is 4. The number of hydrogen-bond acceptors (Lipinski definition) is 6. The highest BCUT2D eigenvalue weighted by atomic mass is 35.5. The number of carbonyl (C=O) groups excluding carboxylic acids is 4. The molecule has 1 saturated heterocycles. The highest BCUT2D eigenvalue weighted by molar-refractivity contribution is 6.30. The summed E-state index contributed by atoms with van der Waals surface area (Å²) in [4.78, 5) is 52.4. The number of amides is 3. The van der Waals surface area contributed by atoms with Crippen LogP contribution < -0.4 is 16.0 Å². The van der Waals surface area contributed by atoms with Gasteiger partial charge in [0.15, 0.2) is 0 Å². The first-order chi connectivity index (χ1) is 21.5. The molecule has 1 unspecified atom stereocenters. The monoisotopic (exact) mass is 639 g/mol. The molecule has 0 bridgehead atoms. The summed E-state index contributed by atoms with van der Waals surface area (Å²) in [5.74, 6) is -1.46. The van der Waals surface area contributed by atoms with Crippen molar-refractivity contribution in [3.05, 3.63) is 70.2 Å². The van der Waals surface area contributed by atoms with Gasteiger partial charge in [0.25, 0.3) is 0 Å². The van der Waals surface area contributed by atoms with Crippen molar-refractivity contribution in [3.8, 4) is 0 Å². The van der Waals surface area contributed by atoms with Gasteiger partial charge in [-0.05, 0) is 55.4 Å². The fraction of sp³-hybridized carbons (Fsp3) is 0.543. The Morgan fingerprint density at radius 2 is 1.71 bits per heavy atom. The summed E-state index contributed by atoms with van der Waals surface area (Å²) in [6.07, 6.45) is 4.83. The molecular formula is C35H46ClN3O6. The molecule has 1 heterocycles. The topological polar surface area (TPSA) is 123 Å². The van der Waals surface area contributed by atoms with E-state index in [1.165, 1.54) is 7.11 Å². The van der Waals surface area contributed by atoms with Gasteiger partial charge in [0.1, 0.15) is 18.2 Å². The maximum Gasteiger partial charge on any atom is 0.408 e. The Balaban J connectivity index is 1.57. The molecule has 9 nitrogen and oxygen atoms in total. The van der Waals surface area contributed by atoms with Gasteiger partial charge in [0, 0.05) is 22.9 Å². The number of hydrogen-bond donors (Lipinski definition) is 3. The number of alkyl carbamates (subject to hydrolysis) is 1. The van der Waals surface area contributed by atoms with Crippen molar-refractivity contribution in [1.82, 2.24) is 16.0 Å². The molecule has 1 aliphatic heterocycles. The molecule has 2 aliphatic rings. The van der Waals surface area contributed by atoms with Crippen LogP contribution in [0.25, 0.3) is 0 Å². The summed E-state index contributed by atoms with van der Waals surface area (Å²) in [6, 6.07) is 13.3. The summed E-state index contributed by atoms with van der Waals surface area (Å²) >= 11 is 6.34. The minimum absolute atomic E-state index is 0.119. The van der Waals surface area contributed by atoms with Crippen LogP contribution in [0, 0.1) is 18.8 Å². The smallest absolute Gasteiger partial charge is 0.408 e. The highest BCUT2D eigenvalue weighted by Crippen LogP contribution is 2.41.